The second-order valence-electron chi connectivity index (χ2n) is 5.52. The van der Waals surface area contributed by atoms with Crippen molar-refractivity contribution in [3.63, 3.8) is 0 Å². The van der Waals surface area contributed by atoms with E-state index in [0.717, 1.165) is 24.3 Å². The number of imidazole rings is 1. The Morgan fingerprint density at radius 2 is 1.50 bits per heavy atom. The van der Waals surface area contributed by atoms with E-state index in [-0.39, 0.29) is 22.0 Å². The average molecular weight is 394 g/mol. The summed E-state index contributed by atoms with van der Waals surface area (Å²) in [5.74, 6) is 0.140. The summed E-state index contributed by atoms with van der Waals surface area (Å²) in [6.07, 6.45) is -9.03. The van der Waals surface area contributed by atoms with Crippen LogP contribution in [0.2, 0.25) is 5.02 Å². The van der Waals surface area contributed by atoms with Gasteiger partial charge in [-0.2, -0.15) is 26.3 Å². The average Bonchev–Trinajstić information content (AvgIpc) is 2.82. The Hall–Kier alpha value is -2.42. The highest BCUT2D eigenvalue weighted by Gasteiger charge is 2.32. The van der Waals surface area contributed by atoms with Crippen molar-refractivity contribution in [3.05, 3.63) is 52.5 Å². The predicted octanol–water partition coefficient (Wildman–Crippen LogP) is 6.01. The molecule has 0 fully saturated rings. The fourth-order valence-corrected chi connectivity index (χ4v) is 2.79. The minimum absolute atomic E-state index is 0.0155. The Balaban J connectivity index is 1.98. The van der Waals surface area contributed by atoms with Gasteiger partial charge in [0.1, 0.15) is 0 Å². The number of anilines is 2. The number of hydrogen-bond donors (Lipinski definition) is 1. The molecular formula is C16H10ClF6N3. The third-order valence-electron chi connectivity index (χ3n) is 3.72. The van der Waals surface area contributed by atoms with E-state index >= 15 is 0 Å². The predicted molar refractivity (Wildman–Crippen MR) is 85.5 cm³/mol. The van der Waals surface area contributed by atoms with Gasteiger partial charge >= 0.3 is 12.4 Å². The molecule has 0 amide bonds. The summed E-state index contributed by atoms with van der Waals surface area (Å²) >= 11 is 5.95. The number of aromatic nitrogens is 2. The number of aryl methyl sites for hydroxylation is 1. The second-order valence-corrected chi connectivity index (χ2v) is 5.93. The van der Waals surface area contributed by atoms with Crippen molar-refractivity contribution < 1.29 is 26.3 Å². The first kappa shape index (κ1) is 18.4. The maximum atomic E-state index is 12.9. The Bertz CT molecular complexity index is 957. The van der Waals surface area contributed by atoms with Crippen LogP contribution < -0.4 is 5.32 Å². The van der Waals surface area contributed by atoms with Crippen LogP contribution in [0, 0.1) is 0 Å². The van der Waals surface area contributed by atoms with Gasteiger partial charge in [0.25, 0.3) is 0 Å². The van der Waals surface area contributed by atoms with Gasteiger partial charge < -0.3 is 9.88 Å². The van der Waals surface area contributed by atoms with Crippen molar-refractivity contribution in [3.8, 4) is 0 Å². The van der Waals surface area contributed by atoms with Crippen LogP contribution >= 0.6 is 11.6 Å². The molecular weight excluding hydrogens is 384 g/mol. The highest BCUT2D eigenvalue weighted by atomic mass is 35.5. The van der Waals surface area contributed by atoms with Gasteiger partial charge in [0.15, 0.2) is 0 Å². The number of benzene rings is 2. The zero-order valence-electron chi connectivity index (χ0n) is 13.0. The standard InChI is InChI=1S/C16H10ClF6N3/c1-26-13-11(17)6-9(16(21,22)23)7-12(13)25-14(26)24-10-4-2-8(3-5-10)15(18,19)20/h2-7H,1H3,(H,24,25). The lowest BCUT2D eigenvalue weighted by Gasteiger charge is -2.10. The SMILES string of the molecule is Cn1c(Nc2ccc(C(F)(F)F)cc2)nc2cc(C(F)(F)F)cc(Cl)c21. The Morgan fingerprint density at radius 1 is 0.923 bits per heavy atom. The van der Waals surface area contributed by atoms with E-state index in [1.54, 1.807) is 0 Å². The van der Waals surface area contributed by atoms with Crippen molar-refractivity contribution in [1.29, 1.82) is 0 Å². The topological polar surface area (TPSA) is 29.9 Å². The fraction of sp³-hybridized carbons (Fsp3) is 0.188. The smallest absolute Gasteiger partial charge is 0.326 e. The van der Waals surface area contributed by atoms with Gasteiger partial charge in [0.05, 0.1) is 27.2 Å². The Kier molecular flexibility index (Phi) is 4.30. The molecule has 0 aliphatic carbocycles. The molecule has 0 saturated heterocycles. The molecule has 10 heteroatoms. The van der Waals surface area contributed by atoms with Crippen molar-refractivity contribution in [2.75, 3.05) is 5.32 Å². The number of alkyl halides is 6. The van der Waals surface area contributed by atoms with Crippen LogP contribution in [0.4, 0.5) is 38.0 Å². The van der Waals surface area contributed by atoms with Crippen LogP contribution in [-0.4, -0.2) is 9.55 Å². The first-order valence-electron chi connectivity index (χ1n) is 7.14. The molecule has 0 radical (unpaired) electrons. The normalized spacial score (nSPS) is 12.6. The third kappa shape index (κ3) is 3.44. The number of halogens is 7. The summed E-state index contributed by atoms with van der Waals surface area (Å²) in [4.78, 5) is 4.06. The molecule has 0 spiro atoms. The molecule has 0 saturated carbocycles. The first-order chi connectivity index (χ1) is 12.0. The molecule has 3 rings (SSSR count). The van der Waals surface area contributed by atoms with Gasteiger partial charge in [-0.25, -0.2) is 4.98 Å². The first-order valence-corrected chi connectivity index (χ1v) is 7.52. The van der Waals surface area contributed by atoms with E-state index < -0.39 is 23.5 Å². The minimum Gasteiger partial charge on any atom is -0.326 e. The molecule has 0 atom stereocenters. The third-order valence-corrected chi connectivity index (χ3v) is 4.01. The number of hydrogen-bond acceptors (Lipinski definition) is 2. The zero-order chi connectivity index (χ0) is 19.3. The summed E-state index contributed by atoms with van der Waals surface area (Å²) in [7, 11) is 1.53. The van der Waals surface area contributed by atoms with Crippen LogP contribution in [0.3, 0.4) is 0 Å². The van der Waals surface area contributed by atoms with Crippen molar-refractivity contribution in [2.45, 2.75) is 12.4 Å². The molecule has 1 aromatic heterocycles. The lowest BCUT2D eigenvalue weighted by molar-refractivity contribution is -0.138. The van der Waals surface area contributed by atoms with Gasteiger partial charge in [-0.15, -0.1) is 0 Å². The monoisotopic (exact) mass is 393 g/mol. The summed E-state index contributed by atoms with van der Waals surface area (Å²) in [6, 6.07) is 5.84. The minimum atomic E-state index is -4.57. The molecule has 0 bridgehead atoms. The summed E-state index contributed by atoms with van der Waals surface area (Å²) in [5.41, 5.74) is -1.17. The Morgan fingerprint density at radius 3 is 2.04 bits per heavy atom. The van der Waals surface area contributed by atoms with E-state index in [4.69, 9.17) is 11.6 Å². The summed E-state index contributed by atoms with van der Waals surface area (Å²) < 4.78 is 77.8. The van der Waals surface area contributed by atoms with Crippen molar-refractivity contribution >= 4 is 34.3 Å². The van der Waals surface area contributed by atoms with Gasteiger partial charge in [0, 0.05) is 12.7 Å². The fourth-order valence-electron chi connectivity index (χ4n) is 2.44. The van der Waals surface area contributed by atoms with Gasteiger partial charge in [-0.05, 0) is 36.4 Å². The molecule has 3 aromatic rings. The summed E-state index contributed by atoms with van der Waals surface area (Å²) in [6.45, 7) is 0. The van der Waals surface area contributed by atoms with Crippen molar-refractivity contribution in [1.82, 2.24) is 9.55 Å². The molecule has 2 aromatic carbocycles. The quantitative estimate of drug-likeness (QED) is 0.540. The van der Waals surface area contributed by atoms with Gasteiger partial charge in [-0.3, -0.25) is 0 Å². The van der Waals surface area contributed by atoms with Crippen LogP contribution in [0.5, 0.6) is 0 Å². The van der Waals surface area contributed by atoms with Gasteiger partial charge in [0.2, 0.25) is 5.95 Å². The van der Waals surface area contributed by atoms with Gasteiger partial charge in [-0.1, -0.05) is 11.6 Å². The van der Waals surface area contributed by atoms with Crippen LogP contribution in [0.25, 0.3) is 11.0 Å². The van der Waals surface area contributed by atoms with Crippen molar-refractivity contribution in [2.24, 2.45) is 7.05 Å². The maximum Gasteiger partial charge on any atom is 0.416 e. The molecule has 3 nitrogen and oxygen atoms in total. The van der Waals surface area contributed by atoms with E-state index in [9.17, 15) is 26.3 Å². The molecule has 0 unspecified atom stereocenters. The zero-order valence-corrected chi connectivity index (χ0v) is 13.8. The highest BCUT2D eigenvalue weighted by molar-refractivity contribution is 6.35. The highest BCUT2D eigenvalue weighted by Crippen LogP contribution is 2.36. The molecule has 0 aliphatic heterocycles. The van der Waals surface area contributed by atoms with E-state index in [0.29, 0.717) is 5.69 Å². The lowest BCUT2D eigenvalue weighted by atomic mass is 10.2. The second kappa shape index (κ2) is 6.08. The van der Waals surface area contributed by atoms with E-state index in [1.165, 1.54) is 23.7 Å². The number of fused-ring (bicyclic) bond motifs is 1. The molecule has 138 valence electrons. The van der Waals surface area contributed by atoms with E-state index in [1.807, 2.05) is 0 Å². The number of nitrogens with zero attached hydrogens (tertiary/aromatic N) is 2. The largest absolute Gasteiger partial charge is 0.416 e. The number of rotatable bonds is 2. The van der Waals surface area contributed by atoms with Crippen LogP contribution in [-0.2, 0) is 19.4 Å². The molecule has 1 N–H and O–H groups in total. The number of nitrogens with one attached hydrogen (secondary N) is 1. The molecule has 0 aliphatic rings. The van der Waals surface area contributed by atoms with E-state index in [2.05, 4.69) is 10.3 Å². The Labute approximate surface area is 148 Å². The molecule has 1 heterocycles. The maximum absolute atomic E-state index is 12.9. The van der Waals surface area contributed by atoms with Crippen LogP contribution in [0.15, 0.2) is 36.4 Å². The molecule has 26 heavy (non-hydrogen) atoms. The summed E-state index contributed by atoms with van der Waals surface area (Å²) in [5, 5.41) is 2.64. The lowest BCUT2D eigenvalue weighted by Crippen LogP contribution is -2.05. The van der Waals surface area contributed by atoms with Crippen LogP contribution in [0.1, 0.15) is 11.1 Å².